The van der Waals surface area contributed by atoms with Gasteiger partial charge in [0, 0.05) is 5.56 Å². The molecule has 0 radical (unpaired) electrons. The van der Waals surface area contributed by atoms with E-state index >= 15 is 0 Å². The lowest BCUT2D eigenvalue weighted by Crippen LogP contribution is -2.41. The third-order valence-electron chi connectivity index (χ3n) is 4.78. The van der Waals surface area contributed by atoms with Gasteiger partial charge in [0.2, 0.25) is 5.78 Å². The number of Topliss-reactive ketones (excluding diaryl/α,β-unsaturated/α-hetero) is 1. The van der Waals surface area contributed by atoms with Gasteiger partial charge in [0.1, 0.15) is 0 Å². The van der Waals surface area contributed by atoms with Crippen molar-refractivity contribution in [2.75, 3.05) is 4.90 Å². The summed E-state index contributed by atoms with van der Waals surface area (Å²) < 4.78 is 5.11. The summed E-state index contributed by atoms with van der Waals surface area (Å²) in [4.78, 5) is 27.1. The van der Waals surface area contributed by atoms with Crippen molar-refractivity contribution in [3.05, 3.63) is 87.8 Å². The molecular weight excluding hydrogens is 401 g/mol. The van der Waals surface area contributed by atoms with Crippen LogP contribution in [-0.2, 0) is 16.9 Å². The number of furan rings is 1. The number of ketones is 1. The minimum Gasteiger partial charge on any atom is -0.461 e. The number of amides is 1. The van der Waals surface area contributed by atoms with Gasteiger partial charge >= 0.3 is 0 Å². The number of fused-ring (bicyclic) bond motifs is 1. The summed E-state index contributed by atoms with van der Waals surface area (Å²) in [5, 5.41) is 12.0. The van der Waals surface area contributed by atoms with Crippen LogP contribution in [0.3, 0.4) is 0 Å². The third kappa shape index (κ3) is 3.11. The van der Waals surface area contributed by atoms with Crippen LogP contribution in [0.15, 0.2) is 65.3 Å². The van der Waals surface area contributed by atoms with Gasteiger partial charge in [-0.1, -0.05) is 47.5 Å². The van der Waals surface area contributed by atoms with Crippen LogP contribution < -0.4 is 4.90 Å². The lowest BCUT2D eigenvalue weighted by Gasteiger charge is -2.22. The molecule has 0 fully saturated rings. The average molecular weight is 416 g/mol. The molecule has 0 aliphatic carbocycles. The summed E-state index contributed by atoms with van der Waals surface area (Å²) in [5.74, 6) is -0.923. The Morgan fingerprint density at radius 1 is 1.07 bits per heavy atom. The van der Waals surface area contributed by atoms with E-state index in [9.17, 15) is 14.7 Å². The van der Waals surface area contributed by atoms with Crippen molar-refractivity contribution in [1.29, 1.82) is 0 Å². The van der Waals surface area contributed by atoms with Crippen LogP contribution in [-0.4, -0.2) is 16.8 Å². The lowest BCUT2D eigenvalue weighted by molar-refractivity contribution is -0.136. The first-order valence-corrected chi connectivity index (χ1v) is 9.30. The van der Waals surface area contributed by atoms with E-state index in [0.29, 0.717) is 21.3 Å². The second kappa shape index (κ2) is 7.09. The maximum absolute atomic E-state index is 13.2. The first-order chi connectivity index (χ1) is 13.4. The number of halogens is 2. The van der Waals surface area contributed by atoms with Crippen molar-refractivity contribution in [2.24, 2.45) is 0 Å². The number of anilines is 1. The summed E-state index contributed by atoms with van der Waals surface area (Å²) >= 11 is 12.0. The molecule has 0 saturated heterocycles. The largest absolute Gasteiger partial charge is 0.461 e. The van der Waals surface area contributed by atoms with Crippen LogP contribution in [0.4, 0.5) is 5.69 Å². The first-order valence-electron chi connectivity index (χ1n) is 8.54. The van der Waals surface area contributed by atoms with Gasteiger partial charge in [0.25, 0.3) is 5.91 Å². The smallest absolute Gasteiger partial charge is 0.264 e. The fraction of sp³-hybridized carbons (Fsp3) is 0.143. The highest BCUT2D eigenvalue weighted by Gasteiger charge is 2.51. The van der Waals surface area contributed by atoms with Crippen LogP contribution in [0.1, 0.15) is 28.1 Å². The van der Waals surface area contributed by atoms with Crippen LogP contribution in [0, 0.1) is 0 Å². The molecule has 7 heteroatoms. The van der Waals surface area contributed by atoms with Gasteiger partial charge in [-0.05, 0) is 35.9 Å². The molecule has 3 aromatic rings. The highest BCUT2D eigenvalue weighted by molar-refractivity contribution is 6.42. The summed E-state index contributed by atoms with van der Waals surface area (Å²) in [6.07, 6.45) is 0.965. The Balaban J connectivity index is 1.69. The van der Waals surface area contributed by atoms with E-state index in [1.807, 2.05) is 0 Å². The van der Waals surface area contributed by atoms with Crippen LogP contribution in [0.5, 0.6) is 0 Å². The molecule has 4 rings (SSSR count). The van der Waals surface area contributed by atoms with Gasteiger partial charge < -0.3 is 14.4 Å². The summed E-state index contributed by atoms with van der Waals surface area (Å²) in [7, 11) is 0. The molecule has 0 unspecified atom stereocenters. The molecule has 0 saturated carbocycles. The lowest BCUT2D eigenvalue weighted by atomic mass is 9.89. The summed E-state index contributed by atoms with van der Waals surface area (Å²) in [6, 6.07) is 15.0. The number of aliphatic hydroxyl groups is 1. The zero-order valence-corrected chi connectivity index (χ0v) is 16.1. The number of hydrogen-bond donors (Lipinski definition) is 1. The molecule has 28 heavy (non-hydrogen) atoms. The highest BCUT2D eigenvalue weighted by Crippen LogP contribution is 2.43. The maximum Gasteiger partial charge on any atom is 0.264 e. The number of carbonyl (C=O) groups excluding carboxylic acids is 2. The van der Waals surface area contributed by atoms with Crippen LogP contribution >= 0.6 is 23.2 Å². The molecule has 142 valence electrons. The Morgan fingerprint density at radius 2 is 1.86 bits per heavy atom. The number of hydrogen-bond acceptors (Lipinski definition) is 4. The molecule has 1 aromatic heterocycles. The molecule has 5 nitrogen and oxygen atoms in total. The minimum absolute atomic E-state index is 0.0987. The van der Waals surface area contributed by atoms with Gasteiger partial charge in [0.05, 0.1) is 35.0 Å². The fourth-order valence-corrected chi connectivity index (χ4v) is 3.73. The quantitative estimate of drug-likeness (QED) is 0.618. The normalized spacial score (nSPS) is 18.4. The molecule has 0 spiro atoms. The molecule has 2 aromatic carbocycles. The monoisotopic (exact) mass is 415 g/mol. The van der Waals surface area contributed by atoms with Gasteiger partial charge in [-0.25, -0.2) is 0 Å². The Kier molecular flexibility index (Phi) is 4.75. The molecular formula is C21H15Cl2NO4. The topological polar surface area (TPSA) is 70.8 Å². The van der Waals surface area contributed by atoms with E-state index < -0.39 is 23.7 Å². The van der Waals surface area contributed by atoms with Crippen molar-refractivity contribution in [1.82, 2.24) is 0 Å². The first kappa shape index (κ1) is 18.7. The SMILES string of the molecule is O=C(C[C@@]1(O)C(=O)N(Cc2ccc(Cl)c(Cl)c2)c2ccccc21)c1ccco1. The fourth-order valence-electron chi connectivity index (χ4n) is 3.41. The Bertz CT molecular complexity index is 1060. The second-order valence-electron chi connectivity index (χ2n) is 6.59. The number of nitrogens with zero attached hydrogens (tertiary/aromatic N) is 1. The van der Waals surface area contributed by atoms with Gasteiger partial charge in [-0.15, -0.1) is 0 Å². The van der Waals surface area contributed by atoms with Crippen LogP contribution in [0.2, 0.25) is 10.0 Å². The minimum atomic E-state index is -1.96. The molecule has 1 aliphatic heterocycles. The van der Waals surface area contributed by atoms with Crippen LogP contribution in [0.25, 0.3) is 0 Å². The number of benzene rings is 2. The number of carbonyl (C=O) groups is 2. The standard InChI is InChI=1S/C21H15Cl2NO4/c22-15-8-7-13(10-16(15)23)12-24-17-5-2-1-4-14(17)21(27,20(24)26)11-18(25)19-6-3-9-28-19/h1-10,27H,11-12H2/t21-/m0/s1. The zero-order chi connectivity index (χ0) is 19.9. The predicted octanol–water partition coefficient (Wildman–Crippen LogP) is 4.59. The Labute approximate surface area is 171 Å². The number of para-hydroxylation sites is 1. The van der Waals surface area contributed by atoms with E-state index in [1.165, 1.54) is 17.2 Å². The van der Waals surface area contributed by atoms with Crippen molar-refractivity contribution >= 4 is 40.6 Å². The van der Waals surface area contributed by atoms with Gasteiger partial charge in [0.15, 0.2) is 11.4 Å². The van der Waals surface area contributed by atoms with Gasteiger partial charge in [-0.2, -0.15) is 0 Å². The predicted molar refractivity (Wildman–Crippen MR) is 106 cm³/mol. The highest BCUT2D eigenvalue weighted by atomic mass is 35.5. The van der Waals surface area contributed by atoms with Crippen molar-refractivity contribution in [3.8, 4) is 0 Å². The Hall–Kier alpha value is -2.60. The molecule has 0 bridgehead atoms. The molecule has 1 N–H and O–H groups in total. The van der Waals surface area contributed by atoms with Gasteiger partial charge in [-0.3, -0.25) is 9.59 Å². The van der Waals surface area contributed by atoms with Crippen molar-refractivity contribution in [2.45, 2.75) is 18.6 Å². The van der Waals surface area contributed by atoms with Crippen molar-refractivity contribution < 1.29 is 19.1 Å². The third-order valence-corrected chi connectivity index (χ3v) is 5.52. The molecule has 1 aliphatic rings. The maximum atomic E-state index is 13.2. The zero-order valence-electron chi connectivity index (χ0n) is 14.6. The molecule has 1 atom stereocenters. The summed E-state index contributed by atoms with van der Waals surface area (Å²) in [6.45, 7) is 0.185. The second-order valence-corrected chi connectivity index (χ2v) is 7.41. The number of rotatable bonds is 5. The Morgan fingerprint density at radius 3 is 2.57 bits per heavy atom. The van der Waals surface area contributed by atoms with E-state index in [0.717, 1.165) is 5.56 Å². The van der Waals surface area contributed by atoms with E-state index in [2.05, 4.69) is 0 Å². The molecule has 1 amide bonds. The van der Waals surface area contributed by atoms with Crippen molar-refractivity contribution in [3.63, 3.8) is 0 Å². The van der Waals surface area contributed by atoms with E-state index in [1.54, 1.807) is 48.5 Å². The van der Waals surface area contributed by atoms with E-state index in [-0.39, 0.29) is 12.3 Å². The molecule has 2 heterocycles. The average Bonchev–Trinajstić information content (AvgIpc) is 3.28. The van der Waals surface area contributed by atoms with E-state index in [4.69, 9.17) is 27.6 Å². The summed E-state index contributed by atoms with van der Waals surface area (Å²) in [5.41, 5.74) is -0.274.